The minimum atomic E-state index is -1.29. The van der Waals surface area contributed by atoms with Crippen LogP contribution < -0.4 is 11.1 Å². The molecule has 25 heavy (non-hydrogen) atoms. The van der Waals surface area contributed by atoms with Crippen molar-refractivity contribution in [2.24, 2.45) is 5.73 Å². The van der Waals surface area contributed by atoms with E-state index in [0.717, 1.165) is 13.0 Å². The number of aryl methyl sites for hydroxylation is 1. The van der Waals surface area contributed by atoms with E-state index in [-0.39, 0.29) is 0 Å². The first-order valence-electron chi connectivity index (χ1n) is 7.93. The van der Waals surface area contributed by atoms with Gasteiger partial charge in [-0.15, -0.1) is 0 Å². The van der Waals surface area contributed by atoms with E-state index in [4.69, 9.17) is 15.9 Å². The van der Waals surface area contributed by atoms with Gasteiger partial charge in [0.2, 0.25) is 0 Å². The third-order valence-electron chi connectivity index (χ3n) is 3.31. The van der Waals surface area contributed by atoms with Gasteiger partial charge in [-0.1, -0.05) is 48.0 Å². The Morgan fingerprint density at radius 3 is 2.28 bits per heavy atom. The summed E-state index contributed by atoms with van der Waals surface area (Å²) in [6.07, 6.45) is 0.534. The number of anilines is 1. The van der Waals surface area contributed by atoms with Gasteiger partial charge in [0, 0.05) is 12.2 Å². The zero-order valence-electron chi connectivity index (χ0n) is 14.2. The van der Waals surface area contributed by atoms with Crippen LogP contribution >= 0.6 is 0 Å². The average Bonchev–Trinajstić information content (AvgIpc) is 2.56. The summed E-state index contributed by atoms with van der Waals surface area (Å²) in [6, 6.07) is 17.7. The SMILES string of the molecule is Cc1cccc(CCNc2ccccc2)c1.N[C@@H](CC(=O)O)C(=O)O. The van der Waals surface area contributed by atoms with Crippen molar-refractivity contribution in [3.8, 4) is 0 Å². The van der Waals surface area contributed by atoms with Crippen LogP contribution in [0.5, 0.6) is 0 Å². The van der Waals surface area contributed by atoms with Gasteiger partial charge in [-0.25, -0.2) is 0 Å². The summed E-state index contributed by atoms with van der Waals surface area (Å²) in [7, 11) is 0. The van der Waals surface area contributed by atoms with E-state index >= 15 is 0 Å². The lowest BCUT2D eigenvalue weighted by atomic mass is 10.1. The van der Waals surface area contributed by atoms with E-state index in [9.17, 15) is 9.59 Å². The fraction of sp³-hybridized carbons (Fsp3) is 0.263. The Morgan fingerprint density at radius 2 is 1.76 bits per heavy atom. The van der Waals surface area contributed by atoms with Gasteiger partial charge in [0.25, 0.3) is 0 Å². The smallest absolute Gasteiger partial charge is 0.321 e. The highest BCUT2D eigenvalue weighted by Crippen LogP contribution is 2.07. The quantitative estimate of drug-likeness (QED) is 0.614. The maximum Gasteiger partial charge on any atom is 0.321 e. The summed E-state index contributed by atoms with van der Waals surface area (Å²) >= 11 is 0. The molecular formula is C19H24N2O4. The Labute approximate surface area is 147 Å². The predicted octanol–water partition coefficient (Wildman–Crippen LogP) is 2.52. The Kier molecular flexibility index (Phi) is 8.74. The number of nitrogens with one attached hydrogen (secondary N) is 1. The standard InChI is InChI=1S/C15H17N.C4H7NO4/c1-13-6-5-7-14(12-13)10-11-16-15-8-3-2-4-9-15;5-2(4(8)9)1-3(6)7/h2-9,12,16H,10-11H2,1H3;2H,1,5H2,(H,6,7)(H,8,9)/t;2-/m.0/s1. The molecule has 0 aliphatic rings. The maximum atomic E-state index is 9.85. The van der Waals surface area contributed by atoms with Crippen LogP contribution in [0.3, 0.4) is 0 Å². The summed E-state index contributed by atoms with van der Waals surface area (Å²) in [6.45, 7) is 3.11. The molecule has 0 saturated heterocycles. The molecule has 5 N–H and O–H groups in total. The predicted molar refractivity (Wildman–Crippen MR) is 97.7 cm³/mol. The minimum absolute atomic E-state index is 0.532. The third-order valence-corrected chi connectivity index (χ3v) is 3.31. The topological polar surface area (TPSA) is 113 Å². The summed E-state index contributed by atoms with van der Waals surface area (Å²) in [5, 5.41) is 19.4. The van der Waals surface area contributed by atoms with E-state index in [1.165, 1.54) is 16.8 Å². The molecule has 0 aromatic heterocycles. The molecule has 0 bridgehead atoms. The number of carbonyl (C=O) groups is 2. The van der Waals surface area contributed by atoms with E-state index < -0.39 is 24.4 Å². The van der Waals surface area contributed by atoms with Crippen molar-refractivity contribution < 1.29 is 19.8 Å². The molecule has 134 valence electrons. The zero-order valence-corrected chi connectivity index (χ0v) is 14.2. The van der Waals surface area contributed by atoms with Crippen LogP contribution in [0, 0.1) is 6.92 Å². The van der Waals surface area contributed by atoms with Gasteiger partial charge in [0.15, 0.2) is 0 Å². The molecule has 0 amide bonds. The summed E-state index contributed by atoms with van der Waals surface area (Å²) in [4.78, 5) is 19.6. The number of benzene rings is 2. The van der Waals surface area contributed by atoms with Crippen LogP contribution in [0.15, 0.2) is 54.6 Å². The minimum Gasteiger partial charge on any atom is -0.481 e. The van der Waals surface area contributed by atoms with Gasteiger partial charge in [-0.3, -0.25) is 9.59 Å². The number of para-hydroxylation sites is 1. The molecule has 0 radical (unpaired) electrons. The maximum absolute atomic E-state index is 9.85. The second-order valence-electron chi connectivity index (χ2n) is 5.57. The third kappa shape index (κ3) is 9.12. The Balaban J connectivity index is 0.000000299. The van der Waals surface area contributed by atoms with Crippen molar-refractivity contribution >= 4 is 17.6 Å². The van der Waals surface area contributed by atoms with E-state index in [1.807, 2.05) is 6.07 Å². The number of hydrogen-bond donors (Lipinski definition) is 4. The largest absolute Gasteiger partial charge is 0.481 e. The average molecular weight is 344 g/mol. The monoisotopic (exact) mass is 344 g/mol. The molecule has 2 rings (SSSR count). The molecule has 0 fully saturated rings. The second-order valence-corrected chi connectivity index (χ2v) is 5.57. The van der Waals surface area contributed by atoms with Crippen molar-refractivity contribution in [2.75, 3.05) is 11.9 Å². The summed E-state index contributed by atoms with van der Waals surface area (Å²) < 4.78 is 0. The molecule has 6 nitrogen and oxygen atoms in total. The summed E-state index contributed by atoms with van der Waals surface area (Å²) in [5.41, 5.74) is 8.75. The Bertz CT molecular complexity index is 674. The first-order chi connectivity index (χ1) is 11.9. The second kappa shape index (κ2) is 10.8. The first-order valence-corrected chi connectivity index (χ1v) is 7.93. The number of rotatable bonds is 7. The van der Waals surface area contributed by atoms with Gasteiger partial charge in [-0.2, -0.15) is 0 Å². The Hall–Kier alpha value is -2.86. The van der Waals surface area contributed by atoms with Crippen molar-refractivity contribution in [3.05, 3.63) is 65.7 Å². The molecule has 2 aromatic rings. The van der Waals surface area contributed by atoms with Gasteiger partial charge in [0.05, 0.1) is 6.42 Å². The molecule has 0 saturated carbocycles. The van der Waals surface area contributed by atoms with Gasteiger partial charge in [-0.05, 0) is 31.0 Å². The van der Waals surface area contributed by atoms with Crippen molar-refractivity contribution in [1.29, 1.82) is 0 Å². The highest BCUT2D eigenvalue weighted by atomic mass is 16.4. The van der Waals surface area contributed by atoms with Crippen molar-refractivity contribution in [1.82, 2.24) is 0 Å². The van der Waals surface area contributed by atoms with Crippen LogP contribution in [-0.2, 0) is 16.0 Å². The highest BCUT2D eigenvalue weighted by molar-refractivity contribution is 5.80. The van der Waals surface area contributed by atoms with Gasteiger partial charge >= 0.3 is 11.9 Å². The molecule has 6 heteroatoms. The Morgan fingerprint density at radius 1 is 1.08 bits per heavy atom. The molecule has 0 aliphatic heterocycles. The lowest BCUT2D eigenvalue weighted by molar-refractivity contribution is -0.144. The zero-order chi connectivity index (χ0) is 18.7. The number of nitrogens with two attached hydrogens (primary N) is 1. The lowest BCUT2D eigenvalue weighted by Gasteiger charge is -2.06. The first kappa shape index (κ1) is 20.2. The van der Waals surface area contributed by atoms with E-state index in [1.54, 1.807) is 0 Å². The van der Waals surface area contributed by atoms with E-state index in [2.05, 4.69) is 60.8 Å². The molecule has 2 aromatic carbocycles. The molecule has 0 spiro atoms. The van der Waals surface area contributed by atoms with Gasteiger partial charge < -0.3 is 21.3 Å². The van der Waals surface area contributed by atoms with Crippen LogP contribution in [0.2, 0.25) is 0 Å². The van der Waals surface area contributed by atoms with Crippen LogP contribution in [0.1, 0.15) is 17.5 Å². The number of aliphatic carboxylic acids is 2. The number of carboxylic acids is 2. The highest BCUT2D eigenvalue weighted by Gasteiger charge is 2.14. The number of hydrogen-bond acceptors (Lipinski definition) is 4. The number of carboxylic acid groups (broad SMARTS) is 2. The van der Waals surface area contributed by atoms with Gasteiger partial charge in [0.1, 0.15) is 6.04 Å². The molecular weight excluding hydrogens is 320 g/mol. The molecule has 1 atom stereocenters. The lowest BCUT2D eigenvalue weighted by Crippen LogP contribution is -2.32. The normalized spacial score (nSPS) is 11.0. The summed E-state index contributed by atoms with van der Waals surface area (Å²) in [5.74, 6) is -2.50. The van der Waals surface area contributed by atoms with Crippen LogP contribution in [0.4, 0.5) is 5.69 Å². The van der Waals surface area contributed by atoms with Crippen molar-refractivity contribution in [3.63, 3.8) is 0 Å². The molecule has 0 aliphatic carbocycles. The van der Waals surface area contributed by atoms with Crippen LogP contribution in [0.25, 0.3) is 0 Å². The van der Waals surface area contributed by atoms with Crippen LogP contribution in [-0.4, -0.2) is 34.7 Å². The van der Waals surface area contributed by atoms with Crippen molar-refractivity contribution in [2.45, 2.75) is 25.8 Å². The fourth-order valence-electron chi connectivity index (χ4n) is 2.05. The molecule has 0 unspecified atom stereocenters. The fourth-order valence-corrected chi connectivity index (χ4v) is 2.05. The van der Waals surface area contributed by atoms with E-state index in [0.29, 0.717) is 0 Å². The molecule has 0 heterocycles.